The number of rotatable bonds is 3. The van der Waals surface area contributed by atoms with Crippen LogP contribution in [0.4, 0.5) is 4.39 Å². The Morgan fingerprint density at radius 3 is 2.88 bits per heavy atom. The van der Waals surface area contributed by atoms with E-state index in [1.165, 1.54) is 18.2 Å². The summed E-state index contributed by atoms with van der Waals surface area (Å²) in [6.45, 7) is 3.43. The molecule has 0 spiro atoms. The molecule has 0 amide bonds. The summed E-state index contributed by atoms with van der Waals surface area (Å²) in [5.41, 5.74) is 0.750. The first kappa shape index (κ1) is 12.9. The van der Waals surface area contributed by atoms with Crippen molar-refractivity contribution in [2.45, 2.75) is 13.8 Å². The third kappa shape index (κ3) is 3.15. The van der Waals surface area contributed by atoms with Gasteiger partial charge in [0.2, 0.25) is 0 Å². The summed E-state index contributed by atoms with van der Waals surface area (Å²) in [6, 6.07) is 6.22. The highest BCUT2D eigenvalue weighted by atomic mass is 19.1. The number of esters is 1. The largest absolute Gasteiger partial charge is 0.462 e. The van der Waals surface area contributed by atoms with E-state index in [2.05, 4.69) is 0 Å². The van der Waals surface area contributed by atoms with E-state index < -0.39 is 5.97 Å². The zero-order chi connectivity index (χ0) is 12.8. The number of hydrogen-bond acceptors (Lipinski definition) is 3. The minimum absolute atomic E-state index is 0.138. The van der Waals surface area contributed by atoms with Gasteiger partial charge in [0.25, 0.3) is 0 Å². The highest BCUT2D eigenvalue weighted by Crippen LogP contribution is 2.16. The van der Waals surface area contributed by atoms with Crippen LogP contribution < -0.4 is 0 Å². The third-order valence-electron chi connectivity index (χ3n) is 2.23. The number of carbonyl (C=O) groups excluding carboxylic acids is 1. The molecule has 0 N–H and O–H groups in total. The Bertz CT molecular complexity index is 501. The molecule has 0 aromatic heterocycles. The summed E-state index contributed by atoms with van der Waals surface area (Å²) in [6.07, 6.45) is 1.33. The molecule has 0 atom stereocenters. The van der Waals surface area contributed by atoms with Crippen LogP contribution in [0, 0.1) is 24.1 Å². The molecule has 0 aliphatic heterocycles. The van der Waals surface area contributed by atoms with Crippen molar-refractivity contribution >= 4 is 12.0 Å². The maximum absolute atomic E-state index is 13.3. The van der Waals surface area contributed by atoms with Gasteiger partial charge in [-0.05, 0) is 37.1 Å². The van der Waals surface area contributed by atoms with Gasteiger partial charge in [-0.25, -0.2) is 9.18 Å². The first-order valence-corrected chi connectivity index (χ1v) is 5.14. The van der Waals surface area contributed by atoms with E-state index in [-0.39, 0.29) is 18.0 Å². The standard InChI is InChI=1S/C13H12FNO2/c1-3-17-13(16)11(8-15)7-10-5-4-6-12(14)9(10)2/h4-7H,3H2,1-2H3/b11-7+. The fourth-order valence-electron chi connectivity index (χ4n) is 1.28. The number of halogens is 1. The van der Waals surface area contributed by atoms with Crippen molar-refractivity contribution in [1.82, 2.24) is 0 Å². The van der Waals surface area contributed by atoms with Crippen molar-refractivity contribution in [3.63, 3.8) is 0 Å². The second kappa shape index (κ2) is 5.80. The van der Waals surface area contributed by atoms with Crippen LogP contribution in [-0.4, -0.2) is 12.6 Å². The van der Waals surface area contributed by atoms with Gasteiger partial charge in [-0.2, -0.15) is 5.26 Å². The third-order valence-corrected chi connectivity index (χ3v) is 2.23. The molecule has 1 rings (SSSR count). The monoisotopic (exact) mass is 233 g/mol. The molecule has 1 aromatic carbocycles. The first-order valence-electron chi connectivity index (χ1n) is 5.14. The zero-order valence-corrected chi connectivity index (χ0v) is 9.66. The van der Waals surface area contributed by atoms with Crippen LogP contribution in [0.25, 0.3) is 6.08 Å². The van der Waals surface area contributed by atoms with Crippen molar-refractivity contribution in [3.05, 3.63) is 40.7 Å². The van der Waals surface area contributed by atoms with E-state index in [4.69, 9.17) is 10.00 Å². The van der Waals surface area contributed by atoms with Gasteiger partial charge in [-0.15, -0.1) is 0 Å². The first-order chi connectivity index (χ1) is 8.10. The molecular weight excluding hydrogens is 221 g/mol. The van der Waals surface area contributed by atoms with Crippen LogP contribution in [0.3, 0.4) is 0 Å². The number of carbonyl (C=O) groups is 1. The van der Waals surface area contributed by atoms with Crippen LogP contribution in [0.5, 0.6) is 0 Å². The van der Waals surface area contributed by atoms with Crippen LogP contribution in [0.15, 0.2) is 23.8 Å². The van der Waals surface area contributed by atoms with Gasteiger partial charge < -0.3 is 4.74 Å². The molecule has 0 saturated heterocycles. The minimum atomic E-state index is -0.696. The second-order valence-corrected chi connectivity index (χ2v) is 3.34. The molecule has 1 aromatic rings. The second-order valence-electron chi connectivity index (χ2n) is 3.34. The Labute approximate surface area is 99.1 Å². The van der Waals surface area contributed by atoms with E-state index in [9.17, 15) is 9.18 Å². The van der Waals surface area contributed by atoms with Gasteiger partial charge in [-0.3, -0.25) is 0 Å². The molecule has 0 aliphatic rings. The van der Waals surface area contributed by atoms with E-state index in [1.807, 2.05) is 0 Å². The van der Waals surface area contributed by atoms with Gasteiger partial charge in [0.05, 0.1) is 6.61 Å². The summed E-state index contributed by atoms with van der Waals surface area (Å²) < 4.78 is 18.0. The zero-order valence-electron chi connectivity index (χ0n) is 9.66. The van der Waals surface area contributed by atoms with Crippen molar-refractivity contribution in [2.75, 3.05) is 6.61 Å². The molecule has 0 bridgehead atoms. The highest BCUT2D eigenvalue weighted by molar-refractivity contribution is 5.98. The Hall–Kier alpha value is -2.15. The predicted octanol–water partition coefficient (Wildman–Crippen LogP) is 2.60. The molecule has 0 saturated carbocycles. The lowest BCUT2D eigenvalue weighted by atomic mass is 10.1. The lowest BCUT2D eigenvalue weighted by molar-refractivity contribution is -0.137. The van der Waals surface area contributed by atoms with Crippen LogP contribution >= 0.6 is 0 Å². The number of nitriles is 1. The highest BCUT2D eigenvalue weighted by Gasteiger charge is 2.11. The number of ether oxygens (including phenoxy) is 1. The summed E-state index contributed by atoms with van der Waals surface area (Å²) in [5.74, 6) is -1.07. The smallest absolute Gasteiger partial charge is 0.348 e. The molecule has 17 heavy (non-hydrogen) atoms. The van der Waals surface area contributed by atoms with Crippen LogP contribution in [0.1, 0.15) is 18.1 Å². The van der Waals surface area contributed by atoms with Gasteiger partial charge in [-0.1, -0.05) is 12.1 Å². The van der Waals surface area contributed by atoms with E-state index in [0.717, 1.165) is 0 Å². The maximum atomic E-state index is 13.3. The quantitative estimate of drug-likeness (QED) is 0.458. The molecule has 0 fully saturated rings. The predicted molar refractivity (Wildman–Crippen MR) is 61.4 cm³/mol. The molecular formula is C13H12FNO2. The number of benzene rings is 1. The molecule has 0 heterocycles. The van der Waals surface area contributed by atoms with E-state index in [1.54, 1.807) is 26.0 Å². The van der Waals surface area contributed by atoms with E-state index >= 15 is 0 Å². The lowest BCUT2D eigenvalue weighted by Gasteiger charge is -2.03. The van der Waals surface area contributed by atoms with Gasteiger partial charge in [0.1, 0.15) is 17.5 Å². The Morgan fingerprint density at radius 1 is 1.59 bits per heavy atom. The van der Waals surface area contributed by atoms with Gasteiger partial charge >= 0.3 is 5.97 Å². The molecule has 4 heteroatoms. The summed E-state index contributed by atoms with van der Waals surface area (Å²) in [5, 5.41) is 8.83. The molecule has 0 radical (unpaired) electrons. The van der Waals surface area contributed by atoms with Crippen molar-refractivity contribution in [3.8, 4) is 6.07 Å². The van der Waals surface area contributed by atoms with Crippen LogP contribution in [-0.2, 0) is 9.53 Å². The summed E-state index contributed by atoms with van der Waals surface area (Å²) >= 11 is 0. The fourth-order valence-corrected chi connectivity index (χ4v) is 1.28. The average molecular weight is 233 g/mol. The Morgan fingerprint density at radius 2 is 2.29 bits per heavy atom. The molecule has 0 aliphatic carbocycles. The number of hydrogen-bond donors (Lipinski definition) is 0. The maximum Gasteiger partial charge on any atom is 0.348 e. The lowest BCUT2D eigenvalue weighted by Crippen LogP contribution is -2.06. The minimum Gasteiger partial charge on any atom is -0.462 e. The topological polar surface area (TPSA) is 50.1 Å². The van der Waals surface area contributed by atoms with Crippen molar-refractivity contribution in [2.24, 2.45) is 0 Å². The fraction of sp³-hybridized carbons (Fsp3) is 0.231. The Balaban J connectivity index is 3.12. The van der Waals surface area contributed by atoms with Gasteiger partial charge in [0.15, 0.2) is 0 Å². The normalized spacial score (nSPS) is 10.8. The Kier molecular flexibility index (Phi) is 4.41. The summed E-state index contributed by atoms with van der Waals surface area (Å²) in [7, 11) is 0. The summed E-state index contributed by atoms with van der Waals surface area (Å²) in [4.78, 5) is 11.4. The van der Waals surface area contributed by atoms with Crippen LogP contribution in [0.2, 0.25) is 0 Å². The van der Waals surface area contributed by atoms with Crippen molar-refractivity contribution < 1.29 is 13.9 Å². The molecule has 3 nitrogen and oxygen atoms in total. The average Bonchev–Trinajstić information content (AvgIpc) is 2.31. The SMILES string of the molecule is CCOC(=O)/C(C#N)=C/c1cccc(F)c1C. The van der Waals surface area contributed by atoms with E-state index in [0.29, 0.717) is 11.1 Å². The number of nitrogens with zero attached hydrogens (tertiary/aromatic N) is 1. The molecule has 0 unspecified atom stereocenters. The van der Waals surface area contributed by atoms with Gasteiger partial charge in [0, 0.05) is 0 Å². The van der Waals surface area contributed by atoms with Crippen molar-refractivity contribution in [1.29, 1.82) is 5.26 Å². The molecule has 88 valence electrons.